The molecule has 0 saturated heterocycles. The molecular weight excluding hydrogens is 346 g/mol. The van der Waals surface area contributed by atoms with Crippen LogP contribution in [-0.4, -0.2) is 45.5 Å². The third kappa shape index (κ3) is 2.13. The summed E-state index contributed by atoms with van der Waals surface area (Å²) in [5.74, 6) is -6.79. The van der Waals surface area contributed by atoms with Gasteiger partial charge in [-0.25, -0.2) is 0 Å². The van der Waals surface area contributed by atoms with Gasteiger partial charge < -0.3 is 14.9 Å². The Bertz CT molecular complexity index is 774. The lowest BCUT2D eigenvalue weighted by Crippen LogP contribution is -2.65. The molecule has 0 heterocycles. The van der Waals surface area contributed by atoms with Gasteiger partial charge in [-0.2, -0.15) is 8.78 Å². The van der Waals surface area contributed by atoms with Crippen molar-refractivity contribution in [3.8, 4) is 5.75 Å². The monoisotopic (exact) mass is 364 g/mol. The molecule has 3 atom stereocenters. The Morgan fingerprint density at radius 3 is 2.50 bits per heavy atom. The molecule has 4 aliphatic carbocycles. The van der Waals surface area contributed by atoms with Crippen molar-refractivity contribution in [2.75, 3.05) is 6.61 Å². The highest BCUT2D eigenvalue weighted by Gasteiger charge is 2.85. The lowest BCUT2D eigenvalue weighted by Gasteiger charge is -2.36. The summed E-state index contributed by atoms with van der Waals surface area (Å²) in [6.45, 7) is -0.847. The Labute approximate surface area is 148 Å². The first-order chi connectivity index (χ1) is 12.2. The zero-order valence-electron chi connectivity index (χ0n) is 13.8. The normalized spacial score (nSPS) is 38.5. The van der Waals surface area contributed by atoms with Gasteiger partial charge in [-0.1, -0.05) is 24.3 Å². The number of ether oxygens (including phenoxy) is 1. The summed E-state index contributed by atoms with van der Waals surface area (Å²) in [5, 5.41) is 20.9. The fourth-order valence-corrected chi connectivity index (χ4v) is 4.62. The van der Waals surface area contributed by atoms with Crippen LogP contribution in [0.1, 0.15) is 12.8 Å². The van der Waals surface area contributed by atoms with E-state index in [0.29, 0.717) is 18.2 Å². The van der Waals surface area contributed by atoms with Crippen molar-refractivity contribution >= 4 is 11.6 Å². The van der Waals surface area contributed by atoms with E-state index in [1.54, 1.807) is 30.3 Å². The Balaban J connectivity index is 1.46. The number of aliphatic hydroxyl groups is 2. The molecule has 7 heteroatoms. The highest BCUT2D eigenvalue weighted by molar-refractivity contribution is 6.34. The summed E-state index contributed by atoms with van der Waals surface area (Å²) in [6, 6.07) is 8.23. The van der Waals surface area contributed by atoms with Crippen molar-refractivity contribution in [1.29, 1.82) is 0 Å². The van der Waals surface area contributed by atoms with Crippen LogP contribution >= 0.6 is 0 Å². The van der Waals surface area contributed by atoms with Crippen molar-refractivity contribution in [2.24, 2.45) is 17.8 Å². The quantitative estimate of drug-likeness (QED) is 0.612. The molecule has 2 N–H and O–H groups in total. The van der Waals surface area contributed by atoms with Gasteiger partial charge in [0.25, 0.3) is 5.92 Å². The van der Waals surface area contributed by atoms with E-state index in [1.165, 1.54) is 6.08 Å². The molecule has 3 unspecified atom stereocenters. The summed E-state index contributed by atoms with van der Waals surface area (Å²) in [6.07, 6.45) is 2.29. The Morgan fingerprint density at radius 2 is 1.85 bits per heavy atom. The van der Waals surface area contributed by atoms with E-state index in [0.717, 1.165) is 0 Å². The molecule has 5 nitrogen and oxygen atoms in total. The third-order valence-electron chi connectivity index (χ3n) is 5.90. The average molecular weight is 364 g/mol. The largest absolute Gasteiger partial charge is 0.487 e. The standard InChI is InChI=1S/C19H18F2O5/c20-17(21,10-26-12-4-2-1-3-5-12)8-6-11-7-9-18(24)14(11)13-15(22)19(18,25)16(13)23/h1-6,8,11,13-14,24-25H,7,9-10H2/b8-6+. The van der Waals surface area contributed by atoms with Gasteiger partial charge in [0.1, 0.15) is 11.4 Å². The molecule has 4 aliphatic rings. The highest BCUT2D eigenvalue weighted by Crippen LogP contribution is 2.64. The Morgan fingerprint density at radius 1 is 1.19 bits per heavy atom. The molecule has 1 aromatic rings. The van der Waals surface area contributed by atoms with E-state index < -0.39 is 53.1 Å². The predicted octanol–water partition coefficient (Wildman–Crippen LogP) is 1.53. The molecule has 4 fully saturated rings. The summed E-state index contributed by atoms with van der Waals surface area (Å²) >= 11 is 0. The van der Waals surface area contributed by atoms with Crippen LogP contribution in [0.2, 0.25) is 0 Å². The second-order valence-electron chi connectivity index (χ2n) is 7.29. The maximum absolute atomic E-state index is 14.1. The number of hydrogen-bond donors (Lipinski definition) is 2. The number of benzene rings is 1. The smallest absolute Gasteiger partial charge is 0.299 e. The van der Waals surface area contributed by atoms with E-state index in [-0.39, 0.29) is 6.42 Å². The molecule has 2 bridgehead atoms. The number of Topliss-reactive ketones (excluding diaryl/α,β-unsaturated/α-hetero) is 2. The number of ketones is 2. The fraction of sp³-hybridized carbons (Fsp3) is 0.474. The third-order valence-corrected chi connectivity index (χ3v) is 5.90. The zero-order chi connectivity index (χ0) is 18.7. The number of hydrogen-bond acceptors (Lipinski definition) is 5. The highest BCUT2D eigenvalue weighted by atomic mass is 19.3. The van der Waals surface area contributed by atoms with Gasteiger partial charge >= 0.3 is 0 Å². The Hall–Kier alpha value is -2.12. The first-order valence-corrected chi connectivity index (χ1v) is 8.49. The van der Waals surface area contributed by atoms with Crippen LogP contribution in [-0.2, 0) is 9.59 Å². The molecule has 0 aromatic heterocycles. The minimum absolute atomic E-state index is 0.0310. The number of carbonyl (C=O) groups excluding carboxylic acids is 2. The lowest BCUT2D eigenvalue weighted by molar-refractivity contribution is -0.180. The molecule has 138 valence electrons. The van der Waals surface area contributed by atoms with Gasteiger partial charge in [-0.15, -0.1) is 0 Å². The minimum atomic E-state index is -3.25. The molecule has 26 heavy (non-hydrogen) atoms. The first kappa shape index (κ1) is 17.3. The van der Waals surface area contributed by atoms with Crippen LogP contribution in [0.25, 0.3) is 0 Å². The van der Waals surface area contributed by atoms with Gasteiger partial charge in [0.15, 0.2) is 18.2 Å². The van der Waals surface area contributed by atoms with Crippen LogP contribution in [0.15, 0.2) is 42.5 Å². The summed E-state index contributed by atoms with van der Waals surface area (Å²) in [7, 11) is 0. The van der Waals surface area contributed by atoms with Gasteiger partial charge in [0, 0.05) is 5.92 Å². The lowest BCUT2D eigenvalue weighted by atomic mass is 9.71. The first-order valence-electron chi connectivity index (χ1n) is 8.49. The fourth-order valence-electron chi connectivity index (χ4n) is 4.62. The molecule has 0 radical (unpaired) electrons. The predicted molar refractivity (Wildman–Crippen MR) is 85.6 cm³/mol. The van der Waals surface area contributed by atoms with Crippen molar-refractivity contribution in [3.63, 3.8) is 0 Å². The van der Waals surface area contributed by atoms with E-state index in [9.17, 15) is 28.6 Å². The molecule has 0 amide bonds. The molecule has 1 aromatic carbocycles. The molecule has 0 spiro atoms. The van der Waals surface area contributed by atoms with E-state index in [4.69, 9.17) is 4.74 Å². The molecule has 4 saturated carbocycles. The van der Waals surface area contributed by atoms with Crippen molar-refractivity contribution in [1.82, 2.24) is 0 Å². The number of carbonyl (C=O) groups is 2. The van der Waals surface area contributed by atoms with Crippen LogP contribution in [0, 0.1) is 17.8 Å². The second kappa shape index (κ2) is 5.44. The SMILES string of the molecule is O=C1C2C(=O)C1(O)C1(O)CCC(/C=C/C(F)(F)COc3ccccc3)C21. The van der Waals surface area contributed by atoms with Gasteiger partial charge in [0.05, 0.1) is 5.92 Å². The van der Waals surface area contributed by atoms with Gasteiger partial charge in [-0.3, -0.25) is 9.59 Å². The minimum Gasteiger partial charge on any atom is -0.487 e. The van der Waals surface area contributed by atoms with Crippen LogP contribution in [0.4, 0.5) is 8.78 Å². The van der Waals surface area contributed by atoms with Crippen molar-refractivity contribution in [2.45, 2.75) is 30.0 Å². The average Bonchev–Trinajstić information content (AvgIpc) is 3.11. The van der Waals surface area contributed by atoms with Crippen LogP contribution in [0.5, 0.6) is 5.75 Å². The molecular formula is C19H18F2O5. The number of rotatable bonds is 5. The van der Waals surface area contributed by atoms with E-state index in [1.807, 2.05) is 0 Å². The van der Waals surface area contributed by atoms with Crippen molar-refractivity contribution < 1.29 is 33.3 Å². The maximum Gasteiger partial charge on any atom is 0.299 e. The second-order valence-corrected chi connectivity index (χ2v) is 7.29. The van der Waals surface area contributed by atoms with E-state index >= 15 is 0 Å². The summed E-state index contributed by atoms with van der Waals surface area (Å²) in [4.78, 5) is 23.9. The van der Waals surface area contributed by atoms with Gasteiger partial charge in [-0.05, 0) is 37.0 Å². The molecule has 5 rings (SSSR count). The summed E-state index contributed by atoms with van der Waals surface area (Å²) in [5.41, 5.74) is -4.18. The summed E-state index contributed by atoms with van der Waals surface area (Å²) < 4.78 is 33.2. The van der Waals surface area contributed by atoms with Crippen LogP contribution < -0.4 is 4.74 Å². The van der Waals surface area contributed by atoms with E-state index in [2.05, 4.69) is 0 Å². The topological polar surface area (TPSA) is 83.8 Å². The molecule has 0 aliphatic heterocycles. The van der Waals surface area contributed by atoms with Gasteiger partial charge in [0.2, 0.25) is 5.60 Å². The zero-order valence-corrected chi connectivity index (χ0v) is 13.8. The van der Waals surface area contributed by atoms with Crippen molar-refractivity contribution in [3.05, 3.63) is 42.5 Å². The Kier molecular flexibility index (Phi) is 3.62. The number of para-hydroxylation sites is 1. The maximum atomic E-state index is 14.1. The number of halogens is 2. The van der Waals surface area contributed by atoms with Crippen LogP contribution in [0.3, 0.4) is 0 Å². The number of alkyl halides is 2. The number of allylic oxidation sites excluding steroid dienone is 1.